The lowest BCUT2D eigenvalue weighted by Crippen LogP contribution is -2.32. The van der Waals surface area contributed by atoms with Gasteiger partial charge in [0.25, 0.3) is 0 Å². The van der Waals surface area contributed by atoms with E-state index < -0.39 is 0 Å². The molecule has 1 unspecified atom stereocenters. The highest BCUT2D eigenvalue weighted by Gasteiger charge is 2.24. The first-order valence-corrected chi connectivity index (χ1v) is 9.54. The summed E-state index contributed by atoms with van der Waals surface area (Å²) >= 11 is 0. The van der Waals surface area contributed by atoms with Crippen LogP contribution in [0.25, 0.3) is 11.0 Å². The van der Waals surface area contributed by atoms with Crippen LogP contribution >= 0.6 is 0 Å². The van der Waals surface area contributed by atoms with E-state index in [4.69, 9.17) is 9.73 Å². The Morgan fingerprint density at radius 1 is 1.48 bits per heavy atom. The lowest BCUT2D eigenvalue weighted by atomic mass is 10.0. The number of aliphatic imine (C=N–C) groups is 1. The molecule has 1 aliphatic heterocycles. The molecule has 0 bridgehead atoms. The van der Waals surface area contributed by atoms with Crippen LogP contribution in [0.1, 0.15) is 49.5 Å². The smallest absolute Gasteiger partial charge is 0.217 e. The molecule has 27 heavy (non-hydrogen) atoms. The summed E-state index contributed by atoms with van der Waals surface area (Å²) in [7, 11) is 0. The van der Waals surface area contributed by atoms with Crippen molar-refractivity contribution in [3.05, 3.63) is 42.2 Å². The molecule has 1 N–H and O–H groups in total. The number of Topliss-reactive ketones (excluding diaryl/α,β-unsaturated/α-hetero) is 1. The molecule has 1 aromatic carbocycles. The lowest BCUT2D eigenvalue weighted by Gasteiger charge is -2.22. The number of aromatic amines is 1. The van der Waals surface area contributed by atoms with Gasteiger partial charge < -0.3 is 9.72 Å². The standard InChI is InChI=1S/C21H28N4O2/c1-5-8-25-9-6-7-16(25)12-22-21(27-14(2)3)18-11-20-19(23-13-24-20)10-17(18)15(4)26/h5,10-11,13-14,16H,1,6-9,12H2,2-4H3,(H,23,24)/b22-21-. The lowest BCUT2D eigenvalue weighted by molar-refractivity contribution is 0.101. The van der Waals surface area contributed by atoms with Gasteiger partial charge in [-0.2, -0.15) is 0 Å². The third kappa shape index (κ3) is 4.45. The van der Waals surface area contributed by atoms with Gasteiger partial charge in [-0.25, -0.2) is 9.98 Å². The molecule has 0 radical (unpaired) electrons. The molecule has 144 valence electrons. The molecule has 2 aromatic rings. The molecule has 1 fully saturated rings. The fourth-order valence-corrected chi connectivity index (χ4v) is 3.56. The van der Waals surface area contributed by atoms with E-state index in [1.54, 1.807) is 13.3 Å². The van der Waals surface area contributed by atoms with Crippen LogP contribution in [0.5, 0.6) is 0 Å². The molecule has 0 saturated carbocycles. The molecule has 0 aliphatic carbocycles. The molecule has 1 aromatic heterocycles. The van der Waals surface area contributed by atoms with Gasteiger partial charge in [-0.3, -0.25) is 9.69 Å². The number of imidazole rings is 1. The Morgan fingerprint density at radius 2 is 2.30 bits per heavy atom. The predicted molar refractivity (Wildman–Crippen MR) is 109 cm³/mol. The normalized spacial score (nSPS) is 18.4. The van der Waals surface area contributed by atoms with E-state index in [2.05, 4.69) is 21.4 Å². The topological polar surface area (TPSA) is 70.6 Å². The number of benzene rings is 1. The van der Waals surface area contributed by atoms with E-state index in [0.29, 0.717) is 29.6 Å². The monoisotopic (exact) mass is 368 g/mol. The van der Waals surface area contributed by atoms with Gasteiger partial charge in [0.2, 0.25) is 5.90 Å². The number of carbonyl (C=O) groups excluding carboxylic acids is 1. The second-order valence-corrected chi connectivity index (χ2v) is 7.27. The number of nitrogens with zero attached hydrogens (tertiary/aromatic N) is 3. The van der Waals surface area contributed by atoms with Crippen LogP contribution in [0, 0.1) is 0 Å². The molecule has 0 spiro atoms. The number of fused-ring (bicyclic) bond motifs is 1. The zero-order valence-electron chi connectivity index (χ0n) is 16.4. The summed E-state index contributed by atoms with van der Waals surface area (Å²) in [6.45, 7) is 11.9. The molecule has 1 aliphatic rings. The summed E-state index contributed by atoms with van der Waals surface area (Å²) < 4.78 is 6.03. The van der Waals surface area contributed by atoms with Crippen LogP contribution in [-0.2, 0) is 4.74 Å². The fraction of sp³-hybridized carbons (Fsp3) is 0.476. The molecule has 1 saturated heterocycles. The molecular formula is C21H28N4O2. The Hall–Kier alpha value is -2.47. The van der Waals surface area contributed by atoms with Gasteiger partial charge in [0.1, 0.15) is 0 Å². The SMILES string of the molecule is C=CCN1CCCC1C/N=C(\OC(C)C)c1cc2nc[nH]c2cc1C(C)=O. The number of carbonyl (C=O) groups is 1. The van der Waals surface area contributed by atoms with Crippen molar-refractivity contribution in [1.82, 2.24) is 14.9 Å². The van der Waals surface area contributed by atoms with Gasteiger partial charge in [-0.15, -0.1) is 6.58 Å². The maximum atomic E-state index is 12.3. The number of ketones is 1. The van der Waals surface area contributed by atoms with Gasteiger partial charge >= 0.3 is 0 Å². The summed E-state index contributed by atoms with van der Waals surface area (Å²) in [6, 6.07) is 4.10. The number of aromatic nitrogens is 2. The first-order chi connectivity index (χ1) is 13.0. The predicted octanol–water partition coefficient (Wildman–Crippen LogP) is 3.59. The van der Waals surface area contributed by atoms with E-state index in [-0.39, 0.29) is 11.9 Å². The number of H-pyrrole nitrogens is 1. The molecule has 1 atom stereocenters. The van der Waals surface area contributed by atoms with Crippen molar-refractivity contribution in [2.45, 2.75) is 45.8 Å². The number of hydrogen-bond donors (Lipinski definition) is 1. The maximum absolute atomic E-state index is 12.3. The zero-order chi connectivity index (χ0) is 19.4. The van der Waals surface area contributed by atoms with Crippen molar-refractivity contribution in [2.24, 2.45) is 4.99 Å². The van der Waals surface area contributed by atoms with E-state index in [1.165, 1.54) is 6.42 Å². The minimum atomic E-state index is -0.0358. The molecule has 3 rings (SSSR count). The number of likely N-dealkylation sites (tertiary alicyclic amines) is 1. The Balaban J connectivity index is 1.96. The molecule has 0 amide bonds. The van der Waals surface area contributed by atoms with E-state index in [0.717, 1.165) is 30.5 Å². The van der Waals surface area contributed by atoms with Crippen molar-refractivity contribution in [2.75, 3.05) is 19.6 Å². The van der Waals surface area contributed by atoms with E-state index >= 15 is 0 Å². The van der Waals surface area contributed by atoms with Crippen LogP contribution in [0.3, 0.4) is 0 Å². The van der Waals surface area contributed by atoms with Crippen LogP contribution in [0.15, 0.2) is 36.1 Å². The molecule has 2 heterocycles. The zero-order valence-corrected chi connectivity index (χ0v) is 16.4. The minimum Gasteiger partial charge on any atom is -0.475 e. The summed E-state index contributed by atoms with van der Waals surface area (Å²) in [6.07, 6.45) is 5.82. The highest BCUT2D eigenvalue weighted by molar-refractivity contribution is 6.09. The Labute approximate surface area is 160 Å². The first kappa shape index (κ1) is 19.3. The fourth-order valence-electron chi connectivity index (χ4n) is 3.56. The van der Waals surface area contributed by atoms with Crippen molar-refractivity contribution < 1.29 is 9.53 Å². The molecule has 6 heteroatoms. The van der Waals surface area contributed by atoms with Crippen molar-refractivity contribution in [3.63, 3.8) is 0 Å². The number of ether oxygens (including phenoxy) is 1. The van der Waals surface area contributed by atoms with Crippen LogP contribution in [0.4, 0.5) is 0 Å². The van der Waals surface area contributed by atoms with Gasteiger partial charge in [0.15, 0.2) is 5.78 Å². The summed E-state index contributed by atoms with van der Waals surface area (Å²) in [4.78, 5) is 26.8. The van der Waals surface area contributed by atoms with E-state index in [1.807, 2.05) is 32.1 Å². The average molecular weight is 368 g/mol. The first-order valence-electron chi connectivity index (χ1n) is 9.54. The van der Waals surface area contributed by atoms with Gasteiger partial charge in [0, 0.05) is 23.7 Å². The second kappa shape index (κ2) is 8.48. The largest absolute Gasteiger partial charge is 0.475 e. The van der Waals surface area contributed by atoms with Crippen molar-refractivity contribution in [1.29, 1.82) is 0 Å². The Morgan fingerprint density at radius 3 is 3.00 bits per heavy atom. The molecular weight excluding hydrogens is 340 g/mol. The van der Waals surface area contributed by atoms with Crippen LogP contribution < -0.4 is 0 Å². The van der Waals surface area contributed by atoms with Crippen molar-refractivity contribution in [3.8, 4) is 0 Å². The average Bonchev–Trinajstić information content (AvgIpc) is 3.26. The highest BCUT2D eigenvalue weighted by Crippen LogP contribution is 2.22. The second-order valence-electron chi connectivity index (χ2n) is 7.27. The Kier molecular flexibility index (Phi) is 6.06. The van der Waals surface area contributed by atoms with Crippen LogP contribution in [0.2, 0.25) is 0 Å². The van der Waals surface area contributed by atoms with Gasteiger partial charge in [-0.1, -0.05) is 6.08 Å². The van der Waals surface area contributed by atoms with Gasteiger partial charge in [-0.05, 0) is 52.3 Å². The van der Waals surface area contributed by atoms with Crippen molar-refractivity contribution >= 4 is 22.7 Å². The maximum Gasteiger partial charge on any atom is 0.217 e. The summed E-state index contributed by atoms with van der Waals surface area (Å²) in [5.74, 6) is 0.501. The summed E-state index contributed by atoms with van der Waals surface area (Å²) in [5.41, 5.74) is 2.94. The highest BCUT2D eigenvalue weighted by atomic mass is 16.5. The van der Waals surface area contributed by atoms with E-state index in [9.17, 15) is 4.79 Å². The number of nitrogens with one attached hydrogen (secondary N) is 1. The van der Waals surface area contributed by atoms with Gasteiger partial charge in [0.05, 0.1) is 30.0 Å². The molecule has 6 nitrogen and oxygen atoms in total. The Bertz CT molecular complexity index is 853. The minimum absolute atomic E-state index is 0.0179. The number of rotatable bonds is 7. The quantitative estimate of drug-likeness (QED) is 0.351. The van der Waals surface area contributed by atoms with Crippen LogP contribution in [-0.4, -0.2) is 58.3 Å². The number of hydrogen-bond acceptors (Lipinski definition) is 5. The summed E-state index contributed by atoms with van der Waals surface area (Å²) in [5, 5.41) is 0. The third-order valence-electron chi connectivity index (χ3n) is 4.82. The third-order valence-corrected chi connectivity index (χ3v) is 4.82.